The molecular weight excluding hydrogens is 596 g/mol. The Hall–Kier alpha value is -3.13. The van der Waals surface area contributed by atoms with Crippen LogP contribution in [0.25, 0.3) is 0 Å². The van der Waals surface area contributed by atoms with Crippen molar-refractivity contribution in [1.82, 2.24) is 14.6 Å². The molecule has 234 valence electrons. The molecule has 0 saturated heterocycles. The van der Waals surface area contributed by atoms with E-state index in [0.29, 0.717) is 42.9 Å². The molecule has 1 saturated carbocycles. The van der Waals surface area contributed by atoms with E-state index in [9.17, 15) is 13.2 Å². The van der Waals surface area contributed by atoms with Crippen molar-refractivity contribution in [2.24, 2.45) is 5.92 Å². The predicted octanol–water partition coefficient (Wildman–Crippen LogP) is 5.17. The molecule has 1 aromatic heterocycles. The van der Waals surface area contributed by atoms with Crippen LogP contribution in [-0.4, -0.2) is 56.1 Å². The fourth-order valence-electron chi connectivity index (χ4n) is 5.29. The molecule has 0 atom stereocenters. The Morgan fingerprint density at radius 1 is 1.07 bits per heavy atom. The van der Waals surface area contributed by atoms with Gasteiger partial charge in [0, 0.05) is 25.2 Å². The van der Waals surface area contributed by atoms with Crippen molar-refractivity contribution < 1.29 is 26.7 Å². The molecule has 0 amide bonds. The van der Waals surface area contributed by atoms with E-state index < -0.39 is 33.0 Å². The van der Waals surface area contributed by atoms with Crippen LogP contribution in [0, 0.1) is 17.6 Å². The van der Waals surface area contributed by atoms with E-state index in [2.05, 4.69) is 15.0 Å². The van der Waals surface area contributed by atoms with Crippen molar-refractivity contribution in [2.75, 3.05) is 31.0 Å². The van der Waals surface area contributed by atoms with Crippen molar-refractivity contribution in [3.8, 4) is 5.75 Å². The molecule has 43 heavy (non-hydrogen) atoms. The van der Waals surface area contributed by atoms with Crippen LogP contribution in [0.4, 0.5) is 19.7 Å². The second kappa shape index (κ2) is 14.1. The smallest absolute Gasteiger partial charge is 0.212 e. The first-order chi connectivity index (χ1) is 20.3. The number of anilines is 2. The number of nitrogen functional groups attached to an aromatic ring is 1. The van der Waals surface area contributed by atoms with Crippen LogP contribution in [0.15, 0.2) is 36.4 Å². The predicted molar refractivity (Wildman–Crippen MR) is 166 cm³/mol. The number of thiazole rings is 1. The number of carbonyl (C=O) groups is 1. The van der Waals surface area contributed by atoms with Gasteiger partial charge in [0.2, 0.25) is 15.8 Å². The molecule has 2 aromatic carbocycles. The number of ketones is 1. The van der Waals surface area contributed by atoms with Crippen LogP contribution in [0.3, 0.4) is 0 Å². The molecule has 4 N–H and O–H groups in total. The molecule has 0 bridgehead atoms. The molecule has 0 unspecified atom stereocenters. The highest BCUT2D eigenvalue weighted by atomic mass is 32.2. The zero-order chi connectivity index (χ0) is 31.3. The monoisotopic (exact) mass is 635 g/mol. The number of hydrogen-bond donors (Lipinski definition) is 3. The van der Waals surface area contributed by atoms with Gasteiger partial charge in [-0.3, -0.25) is 9.69 Å². The molecule has 13 heteroatoms. The highest BCUT2D eigenvalue weighted by molar-refractivity contribution is 7.89. The number of halogens is 2. The number of nitrogens with two attached hydrogens (primary N) is 1. The van der Waals surface area contributed by atoms with E-state index >= 15 is 8.78 Å². The van der Waals surface area contributed by atoms with Gasteiger partial charge in [-0.2, -0.15) is 0 Å². The summed E-state index contributed by atoms with van der Waals surface area (Å²) in [4.78, 5) is 19.3. The van der Waals surface area contributed by atoms with Gasteiger partial charge in [-0.1, -0.05) is 37.3 Å². The first kappa shape index (κ1) is 32.8. The Bertz CT molecular complexity index is 1500. The lowest BCUT2D eigenvalue weighted by Crippen LogP contribution is -2.41. The van der Waals surface area contributed by atoms with Gasteiger partial charge in [0.05, 0.1) is 18.4 Å². The summed E-state index contributed by atoms with van der Waals surface area (Å²) in [6, 6.07) is 9.76. The summed E-state index contributed by atoms with van der Waals surface area (Å²) in [6.07, 6.45) is 2.68. The lowest BCUT2D eigenvalue weighted by Gasteiger charge is -2.29. The van der Waals surface area contributed by atoms with E-state index in [-0.39, 0.29) is 41.0 Å². The van der Waals surface area contributed by atoms with Gasteiger partial charge in [-0.05, 0) is 74.0 Å². The summed E-state index contributed by atoms with van der Waals surface area (Å²) >= 11 is 0.951. The van der Waals surface area contributed by atoms with Gasteiger partial charge in [-0.25, -0.2) is 26.9 Å². The summed E-state index contributed by atoms with van der Waals surface area (Å²) in [5, 5.41) is 3.63. The number of nitrogens with one attached hydrogen (secondary N) is 2. The average Bonchev–Trinajstić information content (AvgIpc) is 3.28. The quantitative estimate of drug-likeness (QED) is 0.220. The zero-order valence-electron chi connectivity index (χ0n) is 24.8. The highest BCUT2D eigenvalue weighted by Gasteiger charge is 2.28. The number of benzene rings is 2. The number of rotatable bonds is 13. The Kier molecular flexibility index (Phi) is 10.8. The number of hydrogen-bond acceptors (Lipinski definition) is 9. The van der Waals surface area contributed by atoms with E-state index in [1.807, 2.05) is 50.1 Å². The molecule has 3 aromatic rings. The average molecular weight is 636 g/mol. The minimum atomic E-state index is -3.33. The molecule has 4 rings (SSSR count). The second-order valence-electron chi connectivity index (χ2n) is 11.5. The van der Waals surface area contributed by atoms with E-state index in [1.54, 1.807) is 7.11 Å². The second-order valence-corrected chi connectivity index (χ2v) is 14.3. The van der Waals surface area contributed by atoms with Crippen molar-refractivity contribution >= 4 is 38.1 Å². The Morgan fingerprint density at radius 2 is 1.65 bits per heavy atom. The van der Waals surface area contributed by atoms with E-state index in [4.69, 9.17) is 10.5 Å². The molecular formula is C30H39F2N5O4S2. The third kappa shape index (κ3) is 8.94. The number of aromatic nitrogens is 1. The van der Waals surface area contributed by atoms with Gasteiger partial charge in [0.25, 0.3) is 0 Å². The number of ether oxygens (including phenoxy) is 1. The lowest BCUT2D eigenvalue weighted by atomic mass is 9.92. The maximum atomic E-state index is 15.1. The van der Waals surface area contributed by atoms with Crippen LogP contribution >= 0.6 is 11.3 Å². The van der Waals surface area contributed by atoms with Crippen molar-refractivity contribution in [3.63, 3.8) is 0 Å². The van der Waals surface area contributed by atoms with Gasteiger partial charge in [-0.15, -0.1) is 0 Å². The Morgan fingerprint density at radius 3 is 2.23 bits per heavy atom. The third-order valence-electron chi connectivity index (χ3n) is 7.21. The number of nitrogens with zero attached hydrogens (tertiary/aromatic N) is 2. The molecule has 0 radical (unpaired) electrons. The highest BCUT2D eigenvalue weighted by Crippen LogP contribution is 2.32. The van der Waals surface area contributed by atoms with Crippen molar-refractivity contribution in [2.45, 2.75) is 64.7 Å². The van der Waals surface area contributed by atoms with Crippen LogP contribution in [-0.2, 0) is 23.1 Å². The molecule has 1 heterocycles. The SMILES string of the molecule is COc1ccc(CN(C)Cc2cc(F)c(C(=O)c3sc(NC4CCC(NS(=O)(=O)CC(C)C)CC4)nc3N)c(F)c2)cc1. The molecule has 0 aliphatic heterocycles. The van der Waals surface area contributed by atoms with Gasteiger partial charge < -0.3 is 15.8 Å². The largest absolute Gasteiger partial charge is 0.497 e. The van der Waals surface area contributed by atoms with Gasteiger partial charge in [0.15, 0.2) is 5.13 Å². The topological polar surface area (TPSA) is 127 Å². The number of carbonyl (C=O) groups excluding carboxylic acids is 1. The molecule has 1 aliphatic carbocycles. The Labute approximate surface area is 255 Å². The summed E-state index contributed by atoms with van der Waals surface area (Å²) in [5.41, 5.74) is 6.74. The Balaban J connectivity index is 1.36. The molecule has 0 spiro atoms. The summed E-state index contributed by atoms with van der Waals surface area (Å²) in [5.74, 6) is -2.01. The van der Waals surface area contributed by atoms with Crippen LogP contribution < -0.4 is 20.5 Å². The standard InChI is InChI=1S/C30H39F2N5O4S2/c1-18(2)17-43(39,40)36-22-9-7-21(8-10-22)34-30-35-29(33)28(42-30)27(38)26-24(31)13-20(14-25(26)32)16-37(3)15-19-5-11-23(41-4)12-6-19/h5-6,11-14,18,21-22,36H,7-10,15-17,33H2,1-4H3,(H,34,35). The lowest BCUT2D eigenvalue weighted by molar-refractivity contribution is 0.103. The molecule has 1 fully saturated rings. The van der Waals surface area contributed by atoms with E-state index in [0.717, 1.165) is 22.6 Å². The van der Waals surface area contributed by atoms with Crippen molar-refractivity contribution in [1.29, 1.82) is 0 Å². The first-order valence-electron chi connectivity index (χ1n) is 14.2. The molecule has 9 nitrogen and oxygen atoms in total. The van der Waals surface area contributed by atoms with Gasteiger partial charge in [0.1, 0.15) is 28.1 Å². The first-order valence-corrected chi connectivity index (χ1v) is 16.7. The normalized spacial score (nSPS) is 17.4. The maximum Gasteiger partial charge on any atom is 0.212 e. The minimum Gasteiger partial charge on any atom is -0.497 e. The fourth-order valence-corrected chi connectivity index (χ4v) is 7.91. The summed E-state index contributed by atoms with van der Waals surface area (Å²) in [6.45, 7) is 4.55. The van der Waals surface area contributed by atoms with Crippen LogP contribution in [0.5, 0.6) is 5.75 Å². The molecule has 1 aliphatic rings. The van der Waals surface area contributed by atoms with Crippen molar-refractivity contribution in [3.05, 3.63) is 69.6 Å². The van der Waals surface area contributed by atoms with Gasteiger partial charge >= 0.3 is 0 Å². The van der Waals surface area contributed by atoms with Crippen LogP contribution in [0.1, 0.15) is 65.9 Å². The van der Waals surface area contributed by atoms with E-state index in [1.165, 1.54) is 12.1 Å². The summed E-state index contributed by atoms with van der Waals surface area (Å²) < 4.78 is 62.7. The zero-order valence-corrected chi connectivity index (χ0v) is 26.5. The fraction of sp³-hybridized carbons (Fsp3) is 0.467. The minimum absolute atomic E-state index is 0.00187. The number of sulfonamides is 1. The maximum absolute atomic E-state index is 15.1. The third-order valence-corrected chi connectivity index (χ3v) is 10.0. The summed E-state index contributed by atoms with van der Waals surface area (Å²) in [7, 11) is 0.102. The van der Waals surface area contributed by atoms with Crippen LogP contribution in [0.2, 0.25) is 0 Å². The number of methoxy groups -OCH3 is 1.